The Morgan fingerprint density at radius 1 is 1.17 bits per heavy atom. The van der Waals surface area contributed by atoms with Crippen molar-refractivity contribution in [2.45, 2.75) is 6.92 Å². The summed E-state index contributed by atoms with van der Waals surface area (Å²) in [5.41, 5.74) is 5.37. The number of ether oxygens (including phenoxy) is 1. The van der Waals surface area contributed by atoms with E-state index in [2.05, 4.69) is 0 Å². The number of nitrogens with two attached hydrogens (primary N) is 1. The lowest BCUT2D eigenvalue weighted by Gasteiger charge is -2.17. The second kappa shape index (κ2) is 6.28. The highest BCUT2D eigenvalue weighted by Crippen LogP contribution is 2.26. The van der Waals surface area contributed by atoms with Gasteiger partial charge in [-0.05, 0) is 17.4 Å². The molecule has 3 rings (SSSR count). The first-order valence-electron chi connectivity index (χ1n) is 7.74. The Kier molecular flexibility index (Phi) is 4.19. The first-order chi connectivity index (χ1) is 11.1. The Bertz CT molecular complexity index is 739. The lowest BCUT2D eigenvalue weighted by Crippen LogP contribution is -2.34. The van der Waals surface area contributed by atoms with E-state index < -0.39 is 0 Å². The largest absolute Gasteiger partial charge is 0.483 e. The number of rotatable bonds is 4. The maximum absolute atomic E-state index is 12.3. The van der Waals surface area contributed by atoms with Crippen LogP contribution in [-0.2, 0) is 9.59 Å². The van der Waals surface area contributed by atoms with Crippen LogP contribution in [0, 0.1) is 11.8 Å². The summed E-state index contributed by atoms with van der Waals surface area (Å²) in [6, 6.07) is 13.6. The van der Waals surface area contributed by atoms with Crippen molar-refractivity contribution in [1.29, 1.82) is 0 Å². The fraction of sp³-hybridized carbons (Fsp3) is 0.333. The third-order valence-corrected chi connectivity index (χ3v) is 4.43. The molecule has 2 aromatic carbocycles. The number of hydrogen-bond donors (Lipinski definition) is 1. The molecule has 5 nitrogen and oxygen atoms in total. The molecule has 0 bridgehead atoms. The van der Waals surface area contributed by atoms with Crippen LogP contribution in [0.15, 0.2) is 42.5 Å². The maximum atomic E-state index is 12.3. The first kappa shape index (κ1) is 15.3. The predicted molar refractivity (Wildman–Crippen MR) is 87.9 cm³/mol. The summed E-state index contributed by atoms with van der Waals surface area (Å²) in [5.74, 6) is 0.0527. The molecule has 2 atom stereocenters. The van der Waals surface area contributed by atoms with E-state index in [9.17, 15) is 9.59 Å². The highest BCUT2D eigenvalue weighted by Gasteiger charge is 2.35. The second-order valence-corrected chi connectivity index (χ2v) is 6.05. The van der Waals surface area contributed by atoms with Crippen LogP contribution in [0.2, 0.25) is 0 Å². The Balaban J connectivity index is 1.66. The summed E-state index contributed by atoms with van der Waals surface area (Å²) in [7, 11) is 0. The van der Waals surface area contributed by atoms with Crippen molar-refractivity contribution < 1.29 is 14.3 Å². The van der Waals surface area contributed by atoms with Crippen LogP contribution in [0.3, 0.4) is 0 Å². The fourth-order valence-electron chi connectivity index (χ4n) is 3.09. The average molecular weight is 312 g/mol. The van der Waals surface area contributed by atoms with E-state index in [0.717, 1.165) is 10.8 Å². The summed E-state index contributed by atoms with van der Waals surface area (Å²) < 4.78 is 5.72. The summed E-state index contributed by atoms with van der Waals surface area (Å²) in [6.45, 7) is 2.83. The number of primary amides is 1. The average Bonchev–Trinajstić information content (AvgIpc) is 2.95. The third kappa shape index (κ3) is 3.13. The van der Waals surface area contributed by atoms with Crippen LogP contribution >= 0.6 is 0 Å². The molecule has 1 aliphatic heterocycles. The topological polar surface area (TPSA) is 72.6 Å². The Hall–Kier alpha value is -2.56. The molecule has 0 saturated carbocycles. The van der Waals surface area contributed by atoms with Gasteiger partial charge in [-0.3, -0.25) is 9.59 Å². The van der Waals surface area contributed by atoms with E-state index in [1.54, 1.807) is 4.90 Å². The van der Waals surface area contributed by atoms with E-state index in [0.29, 0.717) is 18.8 Å². The quantitative estimate of drug-likeness (QED) is 0.935. The third-order valence-electron chi connectivity index (χ3n) is 4.43. The summed E-state index contributed by atoms with van der Waals surface area (Å²) >= 11 is 0. The highest BCUT2D eigenvalue weighted by molar-refractivity contribution is 5.88. The van der Waals surface area contributed by atoms with Crippen LogP contribution < -0.4 is 10.5 Å². The lowest BCUT2D eigenvalue weighted by atomic mass is 9.98. The van der Waals surface area contributed by atoms with E-state index in [1.807, 2.05) is 49.4 Å². The van der Waals surface area contributed by atoms with Gasteiger partial charge in [0.05, 0.1) is 5.92 Å². The van der Waals surface area contributed by atoms with Crippen molar-refractivity contribution >= 4 is 22.6 Å². The van der Waals surface area contributed by atoms with E-state index >= 15 is 0 Å². The molecule has 0 spiro atoms. The smallest absolute Gasteiger partial charge is 0.260 e. The fourth-order valence-corrected chi connectivity index (χ4v) is 3.09. The summed E-state index contributed by atoms with van der Waals surface area (Å²) in [6.07, 6.45) is 0. The SMILES string of the molecule is C[C@@H]1CN(C(=O)COc2cccc3ccccc23)C[C@H]1C(N)=O. The monoisotopic (exact) mass is 312 g/mol. The zero-order valence-electron chi connectivity index (χ0n) is 13.1. The minimum Gasteiger partial charge on any atom is -0.483 e. The molecule has 2 amide bonds. The van der Waals surface area contributed by atoms with Crippen molar-refractivity contribution in [3.05, 3.63) is 42.5 Å². The molecular formula is C18H20N2O3. The number of benzene rings is 2. The maximum Gasteiger partial charge on any atom is 0.260 e. The number of carbonyl (C=O) groups excluding carboxylic acids is 2. The van der Waals surface area contributed by atoms with Crippen LogP contribution in [0.5, 0.6) is 5.75 Å². The zero-order valence-corrected chi connectivity index (χ0v) is 13.1. The van der Waals surface area contributed by atoms with Gasteiger partial charge in [-0.2, -0.15) is 0 Å². The van der Waals surface area contributed by atoms with Gasteiger partial charge in [0.25, 0.3) is 5.91 Å². The van der Waals surface area contributed by atoms with Gasteiger partial charge in [0, 0.05) is 18.5 Å². The number of amides is 2. The summed E-state index contributed by atoms with van der Waals surface area (Å²) in [4.78, 5) is 25.3. The van der Waals surface area contributed by atoms with Crippen LogP contribution in [-0.4, -0.2) is 36.4 Å². The number of fused-ring (bicyclic) bond motifs is 1. The van der Waals surface area contributed by atoms with Crippen molar-refractivity contribution in [3.8, 4) is 5.75 Å². The van der Waals surface area contributed by atoms with E-state index in [1.165, 1.54) is 0 Å². The molecule has 1 saturated heterocycles. The van der Waals surface area contributed by atoms with Crippen LogP contribution in [0.4, 0.5) is 0 Å². The first-order valence-corrected chi connectivity index (χ1v) is 7.74. The molecule has 1 aliphatic rings. The van der Waals surface area contributed by atoms with Gasteiger partial charge in [0.15, 0.2) is 6.61 Å². The van der Waals surface area contributed by atoms with Gasteiger partial charge in [-0.1, -0.05) is 43.3 Å². The van der Waals surface area contributed by atoms with Crippen LogP contribution in [0.25, 0.3) is 10.8 Å². The van der Waals surface area contributed by atoms with Gasteiger partial charge in [0.2, 0.25) is 5.91 Å². The molecule has 23 heavy (non-hydrogen) atoms. The van der Waals surface area contributed by atoms with Gasteiger partial charge >= 0.3 is 0 Å². The van der Waals surface area contributed by atoms with Crippen molar-refractivity contribution in [1.82, 2.24) is 4.90 Å². The molecule has 0 unspecified atom stereocenters. The molecule has 5 heteroatoms. The minimum absolute atomic E-state index is 0.0355. The molecule has 0 radical (unpaired) electrons. The number of nitrogens with zero attached hydrogens (tertiary/aromatic N) is 1. The molecule has 2 N–H and O–H groups in total. The zero-order chi connectivity index (χ0) is 16.4. The number of carbonyl (C=O) groups is 2. The Morgan fingerprint density at radius 3 is 2.65 bits per heavy atom. The van der Waals surface area contributed by atoms with Crippen molar-refractivity contribution in [2.75, 3.05) is 19.7 Å². The second-order valence-electron chi connectivity index (χ2n) is 6.05. The number of likely N-dealkylation sites (tertiary alicyclic amines) is 1. The Morgan fingerprint density at radius 2 is 1.91 bits per heavy atom. The molecule has 120 valence electrons. The highest BCUT2D eigenvalue weighted by atomic mass is 16.5. The van der Waals surface area contributed by atoms with Crippen molar-refractivity contribution in [2.24, 2.45) is 17.6 Å². The van der Waals surface area contributed by atoms with Gasteiger partial charge in [-0.25, -0.2) is 0 Å². The Labute approximate surface area is 135 Å². The van der Waals surface area contributed by atoms with Crippen molar-refractivity contribution in [3.63, 3.8) is 0 Å². The van der Waals surface area contributed by atoms with Gasteiger partial charge in [-0.15, -0.1) is 0 Å². The lowest BCUT2D eigenvalue weighted by molar-refractivity contribution is -0.132. The van der Waals surface area contributed by atoms with E-state index in [-0.39, 0.29) is 30.3 Å². The molecule has 2 aromatic rings. The van der Waals surface area contributed by atoms with Gasteiger partial charge in [0.1, 0.15) is 5.75 Å². The molecular weight excluding hydrogens is 292 g/mol. The molecule has 0 aromatic heterocycles. The molecule has 0 aliphatic carbocycles. The summed E-state index contributed by atoms with van der Waals surface area (Å²) in [5, 5.41) is 2.05. The minimum atomic E-state index is -0.345. The standard InChI is InChI=1S/C18H20N2O3/c1-12-9-20(10-15(12)18(19)22)17(21)11-23-16-8-4-6-13-5-2-3-7-14(13)16/h2-8,12,15H,9-11H2,1H3,(H2,19,22)/t12-,15-/m1/s1. The molecule has 1 fully saturated rings. The molecule has 1 heterocycles. The predicted octanol–water partition coefficient (Wildman–Crippen LogP) is 1.80. The number of hydrogen-bond acceptors (Lipinski definition) is 3. The van der Waals surface area contributed by atoms with Gasteiger partial charge < -0.3 is 15.4 Å². The normalized spacial score (nSPS) is 20.7. The van der Waals surface area contributed by atoms with E-state index in [4.69, 9.17) is 10.5 Å². The van der Waals surface area contributed by atoms with Crippen LogP contribution in [0.1, 0.15) is 6.92 Å².